The third-order valence-electron chi connectivity index (χ3n) is 5.09. The molecular formula is C21H20Cl2N4O4S. The Labute approximate surface area is 195 Å². The van der Waals surface area contributed by atoms with Crippen LogP contribution < -0.4 is 11.1 Å². The molecule has 0 bridgehead atoms. The molecule has 0 spiro atoms. The second-order valence-electron chi connectivity index (χ2n) is 7.28. The summed E-state index contributed by atoms with van der Waals surface area (Å²) in [6.07, 6.45) is 0.404. The van der Waals surface area contributed by atoms with Gasteiger partial charge in [-0.3, -0.25) is 9.59 Å². The monoisotopic (exact) mass is 494 g/mol. The normalized spacial score (nSPS) is 17.5. The number of halogens is 2. The summed E-state index contributed by atoms with van der Waals surface area (Å²) in [6, 6.07) is 11.0. The molecule has 2 amide bonds. The van der Waals surface area contributed by atoms with Gasteiger partial charge in [0.25, 0.3) is 0 Å². The third kappa shape index (κ3) is 5.22. The highest BCUT2D eigenvalue weighted by molar-refractivity contribution is 7.89. The number of hydrogen-bond donors (Lipinski definition) is 2. The summed E-state index contributed by atoms with van der Waals surface area (Å²) >= 11 is 12.3. The Bertz CT molecular complexity index is 1180. The molecule has 3 N–H and O–H groups in total. The summed E-state index contributed by atoms with van der Waals surface area (Å²) in [5.74, 6) is -1.40. The number of hydrogen-bond acceptors (Lipinski definition) is 5. The summed E-state index contributed by atoms with van der Waals surface area (Å²) in [6.45, 7) is 0.143. The maximum absolute atomic E-state index is 13.3. The number of amides is 2. The minimum absolute atomic E-state index is 0.0473. The highest BCUT2D eigenvalue weighted by atomic mass is 35.5. The van der Waals surface area contributed by atoms with Crippen LogP contribution in [-0.2, 0) is 19.6 Å². The smallest absolute Gasteiger partial charge is 0.243 e. The number of carbonyl (C=O) groups is 2. The first-order chi connectivity index (χ1) is 15.1. The van der Waals surface area contributed by atoms with Crippen LogP contribution in [0, 0.1) is 11.3 Å². The maximum Gasteiger partial charge on any atom is 0.243 e. The van der Waals surface area contributed by atoms with E-state index in [1.807, 2.05) is 0 Å². The zero-order chi connectivity index (χ0) is 23.5. The topological polar surface area (TPSA) is 133 Å². The molecule has 2 aromatic carbocycles. The Morgan fingerprint density at radius 3 is 2.50 bits per heavy atom. The fraction of sp³-hybridized carbons (Fsp3) is 0.286. The van der Waals surface area contributed by atoms with Gasteiger partial charge in [-0.2, -0.15) is 9.57 Å². The molecule has 8 nitrogen and oxygen atoms in total. The van der Waals surface area contributed by atoms with E-state index in [2.05, 4.69) is 5.32 Å². The quantitative estimate of drug-likeness (QED) is 0.610. The van der Waals surface area contributed by atoms with Crippen LogP contribution in [0.2, 0.25) is 10.0 Å². The molecule has 0 aromatic heterocycles. The molecule has 32 heavy (non-hydrogen) atoms. The second kappa shape index (κ2) is 9.88. The SMILES string of the molecule is N#C[C@H](CC(N)=O)NC(=O)[C@@H]1CCCN1S(=O)(=O)c1ccc(-c2ccc(Cl)cc2)c(Cl)c1. The summed E-state index contributed by atoms with van der Waals surface area (Å²) in [5.41, 5.74) is 6.50. The molecule has 1 fully saturated rings. The van der Waals surface area contributed by atoms with Crippen molar-refractivity contribution < 1.29 is 18.0 Å². The van der Waals surface area contributed by atoms with Gasteiger partial charge >= 0.3 is 0 Å². The van der Waals surface area contributed by atoms with Crippen LogP contribution in [0.4, 0.5) is 0 Å². The van der Waals surface area contributed by atoms with Gasteiger partial charge in [0.2, 0.25) is 21.8 Å². The van der Waals surface area contributed by atoms with E-state index >= 15 is 0 Å². The maximum atomic E-state index is 13.3. The van der Waals surface area contributed by atoms with Crippen LogP contribution in [0.15, 0.2) is 47.4 Å². The molecule has 1 aliphatic rings. The summed E-state index contributed by atoms with van der Waals surface area (Å²) in [7, 11) is -4.03. The van der Waals surface area contributed by atoms with Gasteiger partial charge in [-0.05, 0) is 42.7 Å². The third-order valence-corrected chi connectivity index (χ3v) is 7.56. The molecule has 1 saturated heterocycles. The molecule has 0 aliphatic carbocycles. The standard InChI is InChI=1S/C21H20Cl2N4O4S/c22-14-5-3-13(4-6-14)17-8-7-16(11-18(17)23)32(30,31)27-9-1-2-19(27)21(29)26-15(12-24)10-20(25)28/h3-8,11,15,19H,1-2,9-10H2,(H2,25,28)(H,26,29)/t15-,19-/m0/s1. The van der Waals surface area contributed by atoms with Crippen LogP contribution in [0.1, 0.15) is 19.3 Å². The van der Waals surface area contributed by atoms with E-state index in [0.717, 1.165) is 9.87 Å². The lowest BCUT2D eigenvalue weighted by molar-refractivity contribution is -0.125. The van der Waals surface area contributed by atoms with Crippen molar-refractivity contribution in [1.82, 2.24) is 9.62 Å². The minimum atomic E-state index is -4.03. The minimum Gasteiger partial charge on any atom is -0.370 e. The number of rotatable bonds is 7. The van der Waals surface area contributed by atoms with E-state index < -0.39 is 33.9 Å². The molecule has 2 aromatic rings. The van der Waals surface area contributed by atoms with Gasteiger partial charge in [0.05, 0.1) is 17.4 Å². The first-order valence-corrected chi connectivity index (χ1v) is 11.9. The number of primary amides is 1. The van der Waals surface area contributed by atoms with Crippen molar-refractivity contribution in [1.29, 1.82) is 5.26 Å². The average molecular weight is 495 g/mol. The van der Waals surface area contributed by atoms with Crippen LogP contribution in [0.25, 0.3) is 11.1 Å². The molecular weight excluding hydrogens is 475 g/mol. The van der Waals surface area contributed by atoms with Gasteiger partial charge in [0.15, 0.2) is 0 Å². The average Bonchev–Trinajstić information content (AvgIpc) is 3.24. The predicted octanol–water partition coefficient (Wildman–Crippen LogP) is 2.70. The Balaban J connectivity index is 1.84. The number of carbonyl (C=O) groups excluding carboxylic acids is 2. The van der Waals surface area contributed by atoms with Gasteiger partial charge in [-0.25, -0.2) is 8.42 Å². The Kier molecular flexibility index (Phi) is 7.41. The van der Waals surface area contributed by atoms with Gasteiger partial charge in [0, 0.05) is 22.2 Å². The number of benzene rings is 2. The van der Waals surface area contributed by atoms with Crippen molar-refractivity contribution in [3.05, 3.63) is 52.5 Å². The molecule has 1 aliphatic heterocycles. The molecule has 0 radical (unpaired) electrons. The van der Waals surface area contributed by atoms with Crippen molar-refractivity contribution in [3.8, 4) is 17.2 Å². The van der Waals surface area contributed by atoms with E-state index in [0.29, 0.717) is 17.0 Å². The predicted molar refractivity (Wildman–Crippen MR) is 120 cm³/mol. The zero-order valence-corrected chi connectivity index (χ0v) is 19.1. The highest BCUT2D eigenvalue weighted by Gasteiger charge is 2.40. The van der Waals surface area contributed by atoms with Crippen molar-refractivity contribution >= 4 is 45.0 Å². The van der Waals surface area contributed by atoms with Crippen molar-refractivity contribution in [2.75, 3.05) is 6.54 Å². The van der Waals surface area contributed by atoms with Crippen LogP contribution in [0.3, 0.4) is 0 Å². The molecule has 0 unspecified atom stereocenters. The zero-order valence-electron chi connectivity index (χ0n) is 16.8. The van der Waals surface area contributed by atoms with Crippen molar-refractivity contribution in [2.24, 2.45) is 5.73 Å². The Hall–Kier alpha value is -2.64. The fourth-order valence-electron chi connectivity index (χ4n) is 3.54. The number of sulfonamides is 1. The Morgan fingerprint density at radius 1 is 1.22 bits per heavy atom. The molecule has 0 saturated carbocycles. The van der Waals surface area contributed by atoms with Crippen LogP contribution in [0.5, 0.6) is 0 Å². The van der Waals surface area contributed by atoms with E-state index in [9.17, 15) is 18.0 Å². The number of nitrogens with two attached hydrogens (primary N) is 1. The van der Waals surface area contributed by atoms with Crippen molar-refractivity contribution in [3.63, 3.8) is 0 Å². The molecule has 11 heteroatoms. The lowest BCUT2D eigenvalue weighted by Gasteiger charge is -2.24. The van der Waals surface area contributed by atoms with Gasteiger partial charge in [-0.15, -0.1) is 0 Å². The Morgan fingerprint density at radius 2 is 1.91 bits per heavy atom. The van der Waals surface area contributed by atoms with E-state index in [-0.39, 0.29) is 29.3 Å². The van der Waals surface area contributed by atoms with Crippen LogP contribution >= 0.6 is 23.2 Å². The lowest BCUT2D eigenvalue weighted by atomic mass is 10.1. The van der Waals surface area contributed by atoms with E-state index in [4.69, 9.17) is 34.2 Å². The molecule has 2 atom stereocenters. The lowest BCUT2D eigenvalue weighted by Crippen LogP contribution is -2.49. The fourth-order valence-corrected chi connectivity index (χ4v) is 5.71. The molecule has 1 heterocycles. The molecule has 168 valence electrons. The van der Waals surface area contributed by atoms with Gasteiger partial charge < -0.3 is 11.1 Å². The summed E-state index contributed by atoms with van der Waals surface area (Å²) in [5, 5.41) is 12.3. The van der Waals surface area contributed by atoms with Crippen molar-refractivity contribution in [2.45, 2.75) is 36.2 Å². The van der Waals surface area contributed by atoms with Gasteiger partial charge in [-0.1, -0.05) is 41.4 Å². The van der Waals surface area contributed by atoms with Gasteiger partial charge in [0.1, 0.15) is 12.1 Å². The molecule has 3 rings (SSSR count). The number of nitriles is 1. The van der Waals surface area contributed by atoms with E-state index in [1.54, 1.807) is 36.4 Å². The summed E-state index contributed by atoms with van der Waals surface area (Å²) < 4.78 is 27.6. The largest absolute Gasteiger partial charge is 0.370 e. The number of nitrogens with one attached hydrogen (secondary N) is 1. The van der Waals surface area contributed by atoms with E-state index in [1.165, 1.54) is 12.1 Å². The highest BCUT2D eigenvalue weighted by Crippen LogP contribution is 2.33. The van der Waals surface area contributed by atoms with Crippen LogP contribution in [-0.4, -0.2) is 43.2 Å². The second-order valence-corrected chi connectivity index (χ2v) is 10.0. The summed E-state index contributed by atoms with van der Waals surface area (Å²) in [4.78, 5) is 23.7. The number of nitrogens with zero attached hydrogens (tertiary/aromatic N) is 2. The first kappa shape index (κ1) is 24.0. The first-order valence-electron chi connectivity index (χ1n) is 9.69.